The molecule has 0 aromatic heterocycles. The van der Waals surface area contributed by atoms with E-state index in [4.69, 9.17) is 14.5 Å². The van der Waals surface area contributed by atoms with Crippen LogP contribution in [0.25, 0.3) is 65.3 Å². The molecule has 0 radical (unpaired) electrons. The predicted octanol–water partition coefficient (Wildman–Crippen LogP) is 11.6. The first-order chi connectivity index (χ1) is 27.5. The van der Waals surface area contributed by atoms with Crippen molar-refractivity contribution in [1.82, 2.24) is 5.32 Å². The number of hydrogen-bond donors (Lipinski definition) is 3. The van der Waals surface area contributed by atoms with Gasteiger partial charge < -0.3 is 25.0 Å². The number of aromatic hydroxyl groups is 2. The van der Waals surface area contributed by atoms with Crippen molar-refractivity contribution in [3.8, 4) is 45.3 Å². The standard InChI is InChI=1S/C50H44N2O4/c1-55-43-25-23-31-13-3-7-17-37(31)45(43)47-39-19-9-5-15-33(39)27-35(49(47)53)29-51-41-21-11-12-22-42(41)52-30-36-28-34-16-6-10-20-40(34)48(50(36)54)46-38-18-8-4-14-32(38)24-26-44(46)56-2/h3-10,13-20,23-29,41-42,52-54H,11-12,21-22,30H2,1-2H3/b51-29+/t41-,42-/m0/s1. The van der Waals surface area contributed by atoms with E-state index in [9.17, 15) is 10.2 Å². The van der Waals surface area contributed by atoms with Crippen molar-refractivity contribution in [2.45, 2.75) is 44.3 Å². The Morgan fingerprint density at radius 3 is 1.62 bits per heavy atom. The minimum Gasteiger partial charge on any atom is -0.507 e. The molecule has 3 N–H and O–H groups in total. The second-order valence-electron chi connectivity index (χ2n) is 14.7. The van der Waals surface area contributed by atoms with Gasteiger partial charge in [0.1, 0.15) is 23.0 Å². The van der Waals surface area contributed by atoms with Crippen molar-refractivity contribution in [3.05, 3.63) is 145 Å². The quantitative estimate of drug-likeness (QED) is 0.129. The van der Waals surface area contributed by atoms with Crippen molar-refractivity contribution in [3.63, 3.8) is 0 Å². The minimum absolute atomic E-state index is 0.00890. The van der Waals surface area contributed by atoms with Crippen molar-refractivity contribution in [2.24, 2.45) is 4.99 Å². The molecule has 0 saturated heterocycles. The predicted molar refractivity (Wildman–Crippen MR) is 231 cm³/mol. The molecule has 0 amide bonds. The zero-order chi connectivity index (χ0) is 38.2. The zero-order valence-corrected chi connectivity index (χ0v) is 31.6. The van der Waals surface area contributed by atoms with Gasteiger partial charge >= 0.3 is 0 Å². The molecule has 0 aliphatic heterocycles. The molecule has 0 heterocycles. The van der Waals surface area contributed by atoms with E-state index in [-0.39, 0.29) is 23.6 Å². The van der Waals surface area contributed by atoms with Gasteiger partial charge in [0.15, 0.2) is 0 Å². The molecule has 9 rings (SSSR count). The number of phenols is 2. The minimum atomic E-state index is -0.00890. The number of hydrogen-bond acceptors (Lipinski definition) is 6. The maximum absolute atomic E-state index is 12.1. The third-order valence-electron chi connectivity index (χ3n) is 11.6. The van der Waals surface area contributed by atoms with E-state index in [2.05, 4.69) is 72.0 Å². The van der Waals surface area contributed by atoms with Gasteiger partial charge in [0.25, 0.3) is 0 Å². The number of nitrogens with zero attached hydrogens (tertiary/aromatic N) is 1. The summed E-state index contributed by atoms with van der Waals surface area (Å²) in [6.07, 6.45) is 5.91. The van der Waals surface area contributed by atoms with Crippen LogP contribution < -0.4 is 14.8 Å². The summed E-state index contributed by atoms with van der Waals surface area (Å²) in [4.78, 5) is 5.19. The second-order valence-corrected chi connectivity index (χ2v) is 14.7. The van der Waals surface area contributed by atoms with E-state index in [0.29, 0.717) is 17.9 Å². The van der Waals surface area contributed by atoms with Gasteiger partial charge in [0, 0.05) is 52.2 Å². The van der Waals surface area contributed by atoms with E-state index in [1.807, 2.05) is 72.9 Å². The van der Waals surface area contributed by atoms with E-state index < -0.39 is 0 Å². The van der Waals surface area contributed by atoms with Crippen LogP contribution in [0, 0.1) is 0 Å². The van der Waals surface area contributed by atoms with Gasteiger partial charge in [-0.05, 0) is 80.2 Å². The Balaban J connectivity index is 1.07. The number of ether oxygens (including phenoxy) is 2. The molecule has 6 nitrogen and oxygen atoms in total. The Kier molecular flexibility index (Phi) is 9.49. The Bertz CT molecular complexity index is 2790. The van der Waals surface area contributed by atoms with Crippen LogP contribution in [0.4, 0.5) is 0 Å². The van der Waals surface area contributed by atoms with Gasteiger partial charge in [-0.25, -0.2) is 0 Å². The molecule has 1 saturated carbocycles. The molecule has 278 valence electrons. The van der Waals surface area contributed by atoms with E-state index in [1.54, 1.807) is 14.2 Å². The Morgan fingerprint density at radius 1 is 0.571 bits per heavy atom. The second kappa shape index (κ2) is 15.0. The van der Waals surface area contributed by atoms with Crippen LogP contribution in [0.3, 0.4) is 0 Å². The highest BCUT2D eigenvalue weighted by Crippen LogP contribution is 2.48. The van der Waals surface area contributed by atoms with Gasteiger partial charge in [-0.3, -0.25) is 4.99 Å². The first-order valence-corrected chi connectivity index (χ1v) is 19.4. The summed E-state index contributed by atoms with van der Waals surface area (Å²) in [5.41, 5.74) is 4.75. The number of rotatable bonds is 9. The zero-order valence-electron chi connectivity index (χ0n) is 31.6. The summed E-state index contributed by atoms with van der Waals surface area (Å²) in [7, 11) is 3.36. The van der Waals surface area contributed by atoms with Gasteiger partial charge in [-0.1, -0.05) is 122 Å². The molecule has 6 heteroatoms. The van der Waals surface area contributed by atoms with Crippen LogP contribution in [-0.2, 0) is 6.54 Å². The SMILES string of the molecule is COc1ccc2ccccc2c1-c1c(O)c(/C=N/[C@H]2CCCC[C@@H]2NCc2cc3ccccc3c(-c3c(OC)ccc4ccccc34)c2O)cc2ccccc12. The molecule has 8 aromatic carbocycles. The third kappa shape index (κ3) is 6.26. The molecule has 1 fully saturated rings. The molecule has 2 atom stereocenters. The number of phenolic OH excluding ortho intramolecular Hbond substituents is 2. The summed E-state index contributed by atoms with van der Waals surface area (Å²) in [5, 5.41) is 36.2. The molecule has 56 heavy (non-hydrogen) atoms. The van der Waals surface area contributed by atoms with Gasteiger partial charge in [-0.15, -0.1) is 0 Å². The first kappa shape index (κ1) is 35.3. The Hall–Kier alpha value is -6.37. The van der Waals surface area contributed by atoms with Crippen molar-refractivity contribution < 1.29 is 19.7 Å². The maximum Gasteiger partial charge on any atom is 0.132 e. The summed E-state index contributed by atoms with van der Waals surface area (Å²) in [6, 6.07) is 45.1. The fraction of sp³-hybridized carbons (Fsp3) is 0.180. The van der Waals surface area contributed by atoms with Gasteiger partial charge in [0.2, 0.25) is 0 Å². The fourth-order valence-corrected chi connectivity index (χ4v) is 8.80. The lowest BCUT2D eigenvalue weighted by molar-refractivity contribution is 0.327. The fourth-order valence-electron chi connectivity index (χ4n) is 8.80. The number of methoxy groups -OCH3 is 2. The molecule has 1 aliphatic rings. The Labute approximate surface area is 326 Å². The molecule has 0 bridgehead atoms. The highest BCUT2D eigenvalue weighted by molar-refractivity contribution is 6.13. The Morgan fingerprint density at radius 2 is 1.05 bits per heavy atom. The normalized spacial score (nSPS) is 16.0. The monoisotopic (exact) mass is 736 g/mol. The highest BCUT2D eigenvalue weighted by Gasteiger charge is 2.26. The topological polar surface area (TPSA) is 83.3 Å². The smallest absolute Gasteiger partial charge is 0.132 e. The molecule has 8 aromatic rings. The van der Waals surface area contributed by atoms with Crippen LogP contribution in [0.2, 0.25) is 0 Å². The molecule has 1 aliphatic carbocycles. The number of aliphatic imine (C=N–C) groups is 1. The van der Waals surface area contributed by atoms with Crippen LogP contribution >= 0.6 is 0 Å². The van der Waals surface area contributed by atoms with Gasteiger partial charge in [-0.2, -0.15) is 0 Å². The van der Waals surface area contributed by atoms with Crippen LogP contribution in [0.15, 0.2) is 138 Å². The number of benzene rings is 8. The molecular formula is C50H44N2O4. The van der Waals surface area contributed by atoms with Crippen molar-refractivity contribution in [2.75, 3.05) is 14.2 Å². The molecular weight excluding hydrogens is 693 g/mol. The lowest BCUT2D eigenvalue weighted by Gasteiger charge is -2.30. The maximum atomic E-state index is 12.1. The summed E-state index contributed by atoms with van der Waals surface area (Å²) >= 11 is 0. The highest BCUT2D eigenvalue weighted by atomic mass is 16.5. The van der Waals surface area contributed by atoms with E-state index >= 15 is 0 Å². The van der Waals surface area contributed by atoms with Crippen LogP contribution in [0.1, 0.15) is 36.8 Å². The lowest BCUT2D eigenvalue weighted by atomic mass is 9.89. The average Bonchev–Trinajstić information content (AvgIpc) is 3.25. The molecule has 0 unspecified atom stereocenters. The lowest BCUT2D eigenvalue weighted by Crippen LogP contribution is -2.40. The first-order valence-electron chi connectivity index (χ1n) is 19.4. The average molecular weight is 737 g/mol. The van der Waals surface area contributed by atoms with E-state index in [1.165, 1.54) is 0 Å². The van der Waals surface area contributed by atoms with Crippen molar-refractivity contribution in [1.29, 1.82) is 0 Å². The number of fused-ring (bicyclic) bond motifs is 4. The van der Waals surface area contributed by atoms with Crippen LogP contribution in [-0.4, -0.2) is 42.7 Å². The molecule has 0 spiro atoms. The number of nitrogens with one attached hydrogen (secondary N) is 1. The van der Waals surface area contributed by atoms with Gasteiger partial charge in [0.05, 0.1) is 20.3 Å². The summed E-state index contributed by atoms with van der Waals surface area (Å²) in [6.45, 7) is 0.472. The van der Waals surface area contributed by atoms with Crippen LogP contribution in [0.5, 0.6) is 23.0 Å². The summed E-state index contributed by atoms with van der Waals surface area (Å²) < 4.78 is 11.8. The van der Waals surface area contributed by atoms with E-state index in [0.717, 1.165) is 102 Å². The largest absolute Gasteiger partial charge is 0.507 e. The third-order valence-corrected chi connectivity index (χ3v) is 11.6. The van der Waals surface area contributed by atoms with Crippen molar-refractivity contribution >= 4 is 49.3 Å². The summed E-state index contributed by atoms with van der Waals surface area (Å²) in [5.74, 6) is 1.85.